The first-order chi connectivity index (χ1) is 7.28. The van der Waals surface area contributed by atoms with Crippen molar-refractivity contribution in [3.63, 3.8) is 0 Å². The normalized spacial score (nSPS) is 12.8. The molecular formula is C10H20N4O. The number of nitrogens with one attached hydrogen (secondary N) is 1. The van der Waals surface area contributed by atoms with Crippen molar-refractivity contribution in [1.29, 1.82) is 0 Å². The molecular weight excluding hydrogens is 192 g/mol. The van der Waals surface area contributed by atoms with Crippen LogP contribution in [0.4, 0.5) is 0 Å². The van der Waals surface area contributed by atoms with E-state index in [1.807, 2.05) is 4.68 Å². The molecule has 0 fully saturated rings. The van der Waals surface area contributed by atoms with Gasteiger partial charge in [-0.05, 0) is 13.3 Å². The first kappa shape index (κ1) is 12.0. The third-order valence-electron chi connectivity index (χ3n) is 2.47. The van der Waals surface area contributed by atoms with Gasteiger partial charge in [-0.25, -0.2) is 0 Å². The average molecular weight is 212 g/mol. The predicted molar refractivity (Wildman–Crippen MR) is 59.4 cm³/mol. The summed E-state index contributed by atoms with van der Waals surface area (Å²) in [7, 11) is 1.65. The van der Waals surface area contributed by atoms with Crippen molar-refractivity contribution >= 4 is 0 Å². The summed E-state index contributed by atoms with van der Waals surface area (Å²) in [5.41, 5.74) is 3.85. The van der Waals surface area contributed by atoms with E-state index in [2.05, 4.69) is 24.4 Å². The smallest absolute Gasteiger partial charge is 0.161 e. The number of hydrogen-bond donors (Lipinski definition) is 2. The number of nitrogens with zero attached hydrogens (tertiary/aromatic N) is 2. The van der Waals surface area contributed by atoms with Crippen LogP contribution in [0.2, 0.25) is 0 Å². The predicted octanol–water partition coefficient (Wildman–Crippen LogP) is 1.22. The van der Waals surface area contributed by atoms with E-state index in [9.17, 15) is 0 Å². The molecule has 1 rings (SSSR count). The summed E-state index contributed by atoms with van der Waals surface area (Å²) < 4.78 is 7.19. The number of methoxy groups -OCH3 is 1. The van der Waals surface area contributed by atoms with Crippen molar-refractivity contribution < 1.29 is 4.74 Å². The zero-order valence-corrected chi connectivity index (χ0v) is 9.66. The third kappa shape index (κ3) is 2.49. The van der Waals surface area contributed by atoms with Crippen molar-refractivity contribution in [2.24, 2.45) is 5.84 Å². The molecule has 0 aromatic carbocycles. The second-order valence-corrected chi connectivity index (χ2v) is 3.42. The molecule has 3 N–H and O–H groups in total. The summed E-state index contributed by atoms with van der Waals surface area (Å²) in [6.07, 6.45) is 3.77. The Morgan fingerprint density at radius 3 is 2.80 bits per heavy atom. The Balaban J connectivity index is 3.00. The molecule has 0 bridgehead atoms. The highest BCUT2D eigenvalue weighted by atomic mass is 16.5. The van der Waals surface area contributed by atoms with Gasteiger partial charge in [0.2, 0.25) is 0 Å². The standard InChI is InChI=1S/C10H20N4O/c1-4-6-8(13-11)10-9(15-3)7-12-14(10)5-2/h7-8,13H,4-6,11H2,1-3H3. The number of aromatic nitrogens is 2. The van der Waals surface area contributed by atoms with Crippen LogP contribution in [0.25, 0.3) is 0 Å². The lowest BCUT2D eigenvalue weighted by Gasteiger charge is -2.17. The van der Waals surface area contributed by atoms with Gasteiger partial charge >= 0.3 is 0 Å². The van der Waals surface area contributed by atoms with Gasteiger partial charge in [0.25, 0.3) is 0 Å². The van der Waals surface area contributed by atoms with Gasteiger partial charge in [0.1, 0.15) is 0 Å². The van der Waals surface area contributed by atoms with Crippen molar-refractivity contribution in [3.05, 3.63) is 11.9 Å². The second-order valence-electron chi connectivity index (χ2n) is 3.42. The highest BCUT2D eigenvalue weighted by Gasteiger charge is 2.19. The molecule has 0 aliphatic rings. The monoisotopic (exact) mass is 212 g/mol. The van der Waals surface area contributed by atoms with Crippen LogP contribution in [0.15, 0.2) is 6.20 Å². The molecule has 5 nitrogen and oxygen atoms in total. The Morgan fingerprint density at radius 1 is 1.60 bits per heavy atom. The molecule has 1 aromatic heterocycles. The van der Waals surface area contributed by atoms with E-state index >= 15 is 0 Å². The zero-order chi connectivity index (χ0) is 11.3. The van der Waals surface area contributed by atoms with Crippen LogP contribution in [-0.4, -0.2) is 16.9 Å². The Labute approximate surface area is 90.6 Å². The first-order valence-corrected chi connectivity index (χ1v) is 5.34. The van der Waals surface area contributed by atoms with Crippen molar-refractivity contribution in [2.45, 2.75) is 39.3 Å². The lowest BCUT2D eigenvalue weighted by molar-refractivity contribution is 0.386. The maximum Gasteiger partial charge on any atom is 0.161 e. The first-order valence-electron chi connectivity index (χ1n) is 5.34. The minimum atomic E-state index is 0.104. The maximum atomic E-state index is 5.55. The van der Waals surface area contributed by atoms with Crippen LogP contribution in [0.1, 0.15) is 38.4 Å². The number of ether oxygens (including phenoxy) is 1. The topological polar surface area (TPSA) is 65.1 Å². The summed E-state index contributed by atoms with van der Waals surface area (Å²) in [6.45, 7) is 5.00. The molecule has 0 aliphatic carbocycles. The fourth-order valence-corrected chi connectivity index (χ4v) is 1.73. The number of nitrogens with two attached hydrogens (primary N) is 1. The van der Waals surface area contributed by atoms with Crippen LogP contribution in [-0.2, 0) is 6.54 Å². The molecule has 5 heteroatoms. The number of hydrogen-bond acceptors (Lipinski definition) is 4. The lowest BCUT2D eigenvalue weighted by Crippen LogP contribution is -2.30. The van der Waals surface area contributed by atoms with E-state index in [1.54, 1.807) is 13.3 Å². The van der Waals surface area contributed by atoms with E-state index in [1.165, 1.54) is 0 Å². The number of rotatable bonds is 6. The van der Waals surface area contributed by atoms with E-state index in [4.69, 9.17) is 10.6 Å². The Kier molecular flexibility index (Phi) is 4.58. The summed E-state index contributed by atoms with van der Waals surface area (Å²) in [6, 6.07) is 0.104. The molecule has 0 spiro atoms. The van der Waals surface area contributed by atoms with Crippen LogP contribution in [0.3, 0.4) is 0 Å². The Morgan fingerprint density at radius 2 is 2.33 bits per heavy atom. The molecule has 0 aliphatic heterocycles. The molecule has 1 unspecified atom stereocenters. The van der Waals surface area contributed by atoms with Gasteiger partial charge in [0.05, 0.1) is 25.0 Å². The molecule has 1 aromatic rings. The summed E-state index contributed by atoms with van der Waals surface area (Å²) in [5.74, 6) is 6.35. The van der Waals surface area contributed by atoms with Gasteiger partial charge in [0, 0.05) is 6.54 Å². The number of hydrazine groups is 1. The van der Waals surface area contributed by atoms with E-state index < -0.39 is 0 Å². The highest BCUT2D eigenvalue weighted by Crippen LogP contribution is 2.27. The van der Waals surface area contributed by atoms with Gasteiger partial charge in [-0.15, -0.1) is 0 Å². The Bertz CT molecular complexity index is 276. The zero-order valence-electron chi connectivity index (χ0n) is 9.66. The maximum absolute atomic E-state index is 5.55. The molecule has 1 atom stereocenters. The van der Waals surface area contributed by atoms with Gasteiger partial charge in [-0.2, -0.15) is 5.10 Å². The molecule has 1 heterocycles. The van der Waals surface area contributed by atoms with E-state index in [-0.39, 0.29) is 6.04 Å². The lowest BCUT2D eigenvalue weighted by atomic mass is 10.1. The molecule has 0 saturated heterocycles. The second kappa shape index (κ2) is 5.72. The molecule has 86 valence electrons. The minimum absolute atomic E-state index is 0.104. The van der Waals surface area contributed by atoms with Crippen LogP contribution in [0, 0.1) is 0 Å². The largest absolute Gasteiger partial charge is 0.493 e. The van der Waals surface area contributed by atoms with E-state index in [0.29, 0.717) is 0 Å². The van der Waals surface area contributed by atoms with E-state index in [0.717, 1.165) is 30.8 Å². The fourth-order valence-electron chi connectivity index (χ4n) is 1.73. The molecule has 0 amide bonds. The van der Waals surface area contributed by atoms with Crippen LogP contribution in [0.5, 0.6) is 5.75 Å². The van der Waals surface area contributed by atoms with Gasteiger partial charge in [0.15, 0.2) is 5.75 Å². The fraction of sp³-hybridized carbons (Fsp3) is 0.700. The number of aryl methyl sites for hydroxylation is 1. The minimum Gasteiger partial charge on any atom is -0.493 e. The summed E-state index contributed by atoms with van der Waals surface area (Å²) in [5, 5.41) is 4.25. The van der Waals surface area contributed by atoms with Gasteiger partial charge in [-0.1, -0.05) is 13.3 Å². The SMILES string of the molecule is CCCC(NN)c1c(OC)cnn1CC. The average Bonchev–Trinajstić information content (AvgIpc) is 2.68. The molecule has 15 heavy (non-hydrogen) atoms. The van der Waals surface area contributed by atoms with Crippen LogP contribution < -0.4 is 16.0 Å². The van der Waals surface area contributed by atoms with Crippen molar-refractivity contribution in [2.75, 3.05) is 7.11 Å². The quantitative estimate of drug-likeness (QED) is 0.549. The van der Waals surface area contributed by atoms with Gasteiger partial charge in [-0.3, -0.25) is 16.0 Å². The van der Waals surface area contributed by atoms with Crippen LogP contribution >= 0.6 is 0 Å². The molecule has 0 radical (unpaired) electrons. The summed E-state index contributed by atoms with van der Waals surface area (Å²) >= 11 is 0. The van der Waals surface area contributed by atoms with Crippen molar-refractivity contribution in [3.8, 4) is 5.75 Å². The summed E-state index contributed by atoms with van der Waals surface area (Å²) in [4.78, 5) is 0. The third-order valence-corrected chi connectivity index (χ3v) is 2.47. The van der Waals surface area contributed by atoms with Gasteiger partial charge < -0.3 is 4.74 Å². The highest BCUT2D eigenvalue weighted by molar-refractivity contribution is 5.28. The Hall–Kier alpha value is -1.07. The molecule has 0 saturated carbocycles. The van der Waals surface area contributed by atoms with Crippen molar-refractivity contribution in [1.82, 2.24) is 15.2 Å².